The minimum Gasteiger partial charge on any atom is -0.468 e. The van der Waals surface area contributed by atoms with Gasteiger partial charge in [-0.1, -0.05) is 25.5 Å². The van der Waals surface area contributed by atoms with Gasteiger partial charge in [0.1, 0.15) is 5.54 Å². The summed E-state index contributed by atoms with van der Waals surface area (Å²) in [5, 5.41) is 0. The molecule has 0 aliphatic rings. The fraction of sp³-hybridized carbons (Fsp3) is 0.727. The smallest absolute Gasteiger partial charge is 0.326 e. The molecule has 0 aliphatic heterocycles. The molecule has 0 aromatic carbocycles. The molecule has 3 nitrogen and oxygen atoms in total. The first kappa shape index (κ1) is 13.2. The van der Waals surface area contributed by atoms with Crippen LogP contribution in [0.15, 0.2) is 11.6 Å². The first-order valence-electron chi connectivity index (χ1n) is 4.85. The van der Waals surface area contributed by atoms with Crippen molar-refractivity contribution in [3.05, 3.63) is 11.6 Å². The molecule has 0 saturated carbocycles. The molecule has 1 atom stereocenters. The second-order valence-corrected chi connectivity index (χ2v) is 4.17. The number of ether oxygens (including phenoxy) is 1. The average Bonchev–Trinajstić information content (AvgIpc) is 2.12. The number of nitrogens with two attached hydrogens (primary N) is 1. The van der Waals surface area contributed by atoms with Crippen LogP contribution in [0.1, 0.15) is 34.1 Å². The van der Waals surface area contributed by atoms with E-state index in [0.717, 1.165) is 5.57 Å². The lowest BCUT2D eigenvalue weighted by molar-refractivity contribution is -0.148. The number of hydrogen-bond acceptors (Lipinski definition) is 3. The fourth-order valence-electron chi connectivity index (χ4n) is 1.12. The van der Waals surface area contributed by atoms with Crippen molar-refractivity contribution in [3.63, 3.8) is 0 Å². The number of hydrogen-bond donors (Lipinski definition) is 1. The molecule has 2 N–H and O–H groups in total. The first-order chi connectivity index (χ1) is 6.34. The van der Waals surface area contributed by atoms with E-state index in [1.54, 1.807) is 0 Å². The highest BCUT2D eigenvalue weighted by Gasteiger charge is 2.37. The molecule has 0 fully saturated rings. The minimum absolute atomic E-state index is 0.0607. The van der Waals surface area contributed by atoms with Crippen molar-refractivity contribution in [1.82, 2.24) is 0 Å². The molecule has 0 saturated heterocycles. The molecule has 3 heteroatoms. The van der Waals surface area contributed by atoms with Crippen LogP contribution < -0.4 is 5.73 Å². The molecule has 0 aromatic heterocycles. The molecule has 14 heavy (non-hydrogen) atoms. The zero-order chi connectivity index (χ0) is 11.4. The van der Waals surface area contributed by atoms with E-state index in [9.17, 15) is 4.79 Å². The SMILES string of the molecule is COC(=O)C(N)(CC=C(C)C)C(C)C. The third-order valence-electron chi connectivity index (χ3n) is 2.44. The molecule has 0 heterocycles. The molecule has 0 aromatic rings. The van der Waals surface area contributed by atoms with E-state index in [-0.39, 0.29) is 11.9 Å². The summed E-state index contributed by atoms with van der Waals surface area (Å²) in [6.07, 6.45) is 2.50. The van der Waals surface area contributed by atoms with E-state index in [1.165, 1.54) is 7.11 Å². The lowest BCUT2D eigenvalue weighted by Crippen LogP contribution is -2.52. The van der Waals surface area contributed by atoms with Crippen molar-refractivity contribution in [3.8, 4) is 0 Å². The Morgan fingerprint density at radius 3 is 2.29 bits per heavy atom. The topological polar surface area (TPSA) is 52.3 Å². The summed E-state index contributed by atoms with van der Waals surface area (Å²) >= 11 is 0. The lowest BCUT2D eigenvalue weighted by Gasteiger charge is -2.29. The van der Waals surface area contributed by atoms with E-state index in [2.05, 4.69) is 0 Å². The van der Waals surface area contributed by atoms with Crippen molar-refractivity contribution in [2.45, 2.75) is 39.7 Å². The Bertz CT molecular complexity index is 229. The molecule has 0 radical (unpaired) electrons. The van der Waals surface area contributed by atoms with Gasteiger partial charge in [-0.15, -0.1) is 0 Å². The summed E-state index contributed by atoms with van der Waals surface area (Å²) in [7, 11) is 1.37. The zero-order valence-corrected chi connectivity index (χ0v) is 9.76. The van der Waals surface area contributed by atoms with Crippen LogP contribution in [0.25, 0.3) is 0 Å². The maximum absolute atomic E-state index is 11.5. The van der Waals surface area contributed by atoms with Crippen LogP contribution in [0.2, 0.25) is 0 Å². The zero-order valence-electron chi connectivity index (χ0n) is 9.76. The van der Waals surface area contributed by atoms with Gasteiger partial charge in [-0.05, 0) is 26.2 Å². The van der Waals surface area contributed by atoms with E-state index < -0.39 is 5.54 Å². The third kappa shape index (κ3) is 3.14. The van der Waals surface area contributed by atoms with Gasteiger partial charge in [-0.25, -0.2) is 0 Å². The second kappa shape index (κ2) is 5.15. The quantitative estimate of drug-likeness (QED) is 0.555. The molecule has 0 rings (SSSR count). The summed E-state index contributed by atoms with van der Waals surface area (Å²) in [5.41, 5.74) is 6.28. The molecule has 1 unspecified atom stereocenters. The molecule has 0 amide bonds. The van der Waals surface area contributed by atoms with Crippen LogP contribution >= 0.6 is 0 Å². The number of carbonyl (C=O) groups excluding carboxylic acids is 1. The highest BCUT2D eigenvalue weighted by Crippen LogP contribution is 2.21. The van der Waals surface area contributed by atoms with Crippen LogP contribution in [0.3, 0.4) is 0 Å². The third-order valence-corrected chi connectivity index (χ3v) is 2.44. The van der Waals surface area contributed by atoms with Gasteiger partial charge in [0.25, 0.3) is 0 Å². The lowest BCUT2D eigenvalue weighted by atomic mass is 9.84. The first-order valence-corrected chi connectivity index (χ1v) is 4.85. The van der Waals surface area contributed by atoms with Crippen molar-refractivity contribution in [1.29, 1.82) is 0 Å². The number of esters is 1. The van der Waals surface area contributed by atoms with Crippen LogP contribution in [0, 0.1) is 5.92 Å². The summed E-state index contributed by atoms with van der Waals surface area (Å²) < 4.78 is 4.72. The maximum Gasteiger partial charge on any atom is 0.326 e. The van der Waals surface area contributed by atoms with Crippen LogP contribution in [-0.2, 0) is 9.53 Å². The van der Waals surface area contributed by atoms with Gasteiger partial charge >= 0.3 is 5.97 Å². The van der Waals surface area contributed by atoms with E-state index in [0.29, 0.717) is 6.42 Å². The van der Waals surface area contributed by atoms with Gasteiger partial charge < -0.3 is 10.5 Å². The molecular formula is C11H21NO2. The number of carbonyl (C=O) groups is 1. The molecule has 82 valence electrons. The minimum atomic E-state index is -0.897. The highest BCUT2D eigenvalue weighted by molar-refractivity contribution is 5.81. The Labute approximate surface area is 86.3 Å². The van der Waals surface area contributed by atoms with Crippen LogP contribution in [0.5, 0.6) is 0 Å². The van der Waals surface area contributed by atoms with Crippen molar-refractivity contribution < 1.29 is 9.53 Å². The molecular weight excluding hydrogens is 178 g/mol. The summed E-state index contributed by atoms with van der Waals surface area (Å²) in [6.45, 7) is 7.82. The highest BCUT2D eigenvalue weighted by atomic mass is 16.5. The maximum atomic E-state index is 11.5. The van der Waals surface area contributed by atoms with Crippen molar-refractivity contribution in [2.75, 3.05) is 7.11 Å². The number of allylic oxidation sites excluding steroid dienone is 1. The standard InChI is InChI=1S/C11H21NO2/c1-8(2)6-7-11(12,9(3)4)10(13)14-5/h6,9H,7,12H2,1-5H3. The Hall–Kier alpha value is -0.830. The van der Waals surface area contributed by atoms with Gasteiger partial charge in [0, 0.05) is 0 Å². The summed E-state index contributed by atoms with van der Waals surface area (Å²) in [4.78, 5) is 11.5. The van der Waals surface area contributed by atoms with E-state index >= 15 is 0 Å². The van der Waals surface area contributed by atoms with E-state index in [1.807, 2.05) is 33.8 Å². The predicted octanol–water partition coefficient (Wildman–Crippen LogP) is 1.87. The molecule has 0 aliphatic carbocycles. The normalized spacial score (nSPS) is 14.8. The van der Waals surface area contributed by atoms with Gasteiger partial charge in [0.15, 0.2) is 0 Å². The largest absolute Gasteiger partial charge is 0.468 e. The van der Waals surface area contributed by atoms with Crippen LogP contribution in [0.4, 0.5) is 0 Å². The molecule has 0 spiro atoms. The predicted molar refractivity (Wildman–Crippen MR) is 57.8 cm³/mol. The van der Waals surface area contributed by atoms with Gasteiger partial charge in [-0.3, -0.25) is 4.79 Å². The van der Waals surface area contributed by atoms with Gasteiger partial charge in [-0.2, -0.15) is 0 Å². The van der Waals surface area contributed by atoms with E-state index in [4.69, 9.17) is 10.5 Å². The Morgan fingerprint density at radius 2 is 2.00 bits per heavy atom. The second-order valence-electron chi connectivity index (χ2n) is 4.17. The summed E-state index contributed by atoms with van der Waals surface area (Å²) in [6, 6.07) is 0. The van der Waals surface area contributed by atoms with Crippen molar-refractivity contribution >= 4 is 5.97 Å². The van der Waals surface area contributed by atoms with Gasteiger partial charge in [0.2, 0.25) is 0 Å². The number of rotatable bonds is 4. The monoisotopic (exact) mass is 199 g/mol. The Kier molecular flexibility index (Phi) is 4.85. The van der Waals surface area contributed by atoms with Crippen LogP contribution in [-0.4, -0.2) is 18.6 Å². The fourth-order valence-corrected chi connectivity index (χ4v) is 1.12. The van der Waals surface area contributed by atoms with Crippen molar-refractivity contribution in [2.24, 2.45) is 11.7 Å². The summed E-state index contributed by atoms with van der Waals surface area (Å²) in [5.74, 6) is -0.282. The Balaban J connectivity index is 4.73. The molecule has 0 bridgehead atoms. The van der Waals surface area contributed by atoms with Gasteiger partial charge in [0.05, 0.1) is 7.11 Å². The Morgan fingerprint density at radius 1 is 1.50 bits per heavy atom. The number of methoxy groups -OCH3 is 1. The average molecular weight is 199 g/mol.